The molecule has 0 aliphatic rings. The highest BCUT2D eigenvalue weighted by atomic mass is 19.4. The molecule has 0 saturated carbocycles. The maximum absolute atomic E-state index is 12.2. The number of aliphatic hydroxyl groups excluding tert-OH is 1. The average molecular weight is 249 g/mol. The number of ether oxygens (including phenoxy) is 1. The number of nitrogens with two attached hydrogens (primary N) is 1. The maximum atomic E-state index is 12.2. The maximum Gasteiger partial charge on any atom is 0.416 e. The van der Waals surface area contributed by atoms with Crippen molar-refractivity contribution >= 4 is 0 Å². The monoisotopic (exact) mass is 249 g/mol. The molecule has 0 aliphatic carbocycles. The lowest BCUT2D eigenvalue weighted by atomic mass is 10.1. The van der Waals surface area contributed by atoms with Crippen LogP contribution in [-0.2, 0) is 17.5 Å². The zero-order chi connectivity index (χ0) is 12.9. The molecule has 0 radical (unpaired) electrons. The predicted octanol–water partition coefficient (Wildman–Crippen LogP) is 1.54. The van der Waals surface area contributed by atoms with Gasteiger partial charge in [0.25, 0.3) is 0 Å². The molecule has 3 nitrogen and oxygen atoms in total. The molecule has 0 bridgehead atoms. The van der Waals surface area contributed by atoms with Crippen LogP contribution in [0.25, 0.3) is 0 Å². The molecular formula is C11H14F3NO2. The molecule has 0 saturated heterocycles. The fourth-order valence-electron chi connectivity index (χ4n) is 1.17. The largest absolute Gasteiger partial charge is 0.416 e. The molecule has 0 heterocycles. The van der Waals surface area contributed by atoms with Crippen LogP contribution in [0.1, 0.15) is 11.1 Å². The van der Waals surface area contributed by atoms with Gasteiger partial charge in [0.15, 0.2) is 0 Å². The summed E-state index contributed by atoms with van der Waals surface area (Å²) in [7, 11) is 0. The van der Waals surface area contributed by atoms with Crippen molar-refractivity contribution in [2.75, 3.05) is 13.2 Å². The van der Waals surface area contributed by atoms with Gasteiger partial charge in [0.05, 0.1) is 24.9 Å². The Morgan fingerprint density at radius 3 is 2.29 bits per heavy atom. The van der Waals surface area contributed by atoms with E-state index in [4.69, 9.17) is 15.6 Å². The third-order valence-corrected chi connectivity index (χ3v) is 2.13. The van der Waals surface area contributed by atoms with Crippen LogP contribution in [-0.4, -0.2) is 24.4 Å². The fourth-order valence-corrected chi connectivity index (χ4v) is 1.17. The summed E-state index contributed by atoms with van der Waals surface area (Å²) in [6.45, 7) is 0.305. The Hall–Kier alpha value is -1.11. The van der Waals surface area contributed by atoms with Crippen LogP contribution in [0.5, 0.6) is 0 Å². The van der Waals surface area contributed by atoms with Gasteiger partial charge in [-0.1, -0.05) is 12.1 Å². The van der Waals surface area contributed by atoms with Crippen molar-refractivity contribution in [1.82, 2.24) is 0 Å². The van der Waals surface area contributed by atoms with Crippen LogP contribution >= 0.6 is 0 Å². The molecule has 0 amide bonds. The summed E-state index contributed by atoms with van der Waals surface area (Å²) in [5, 5.41) is 9.09. The third-order valence-electron chi connectivity index (χ3n) is 2.13. The lowest BCUT2D eigenvalue weighted by molar-refractivity contribution is -0.137. The van der Waals surface area contributed by atoms with Crippen molar-refractivity contribution in [1.29, 1.82) is 0 Å². The first-order valence-corrected chi connectivity index (χ1v) is 5.05. The summed E-state index contributed by atoms with van der Waals surface area (Å²) in [5.41, 5.74) is 5.09. The second kappa shape index (κ2) is 6.00. The standard InChI is InChI=1S/C11H14F3NO2/c12-11(13,14)9-3-1-8(2-4-9)6-17-7-10(16)5-15/h1-4,10,16H,5-7,15H2/t10-/m0/s1. The second-order valence-corrected chi connectivity index (χ2v) is 3.60. The van der Waals surface area contributed by atoms with E-state index < -0.39 is 17.8 Å². The second-order valence-electron chi connectivity index (χ2n) is 3.60. The van der Waals surface area contributed by atoms with Gasteiger partial charge in [-0.25, -0.2) is 0 Å². The highest BCUT2D eigenvalue weighted by Gasteiger charge is 2.29. The Balaban J connectivity index is 2.46. The highest BCUT2D eigenvalue weighted by Crippen LogP contribution is 2.29. The molecule has 1 rings (SSSR count). The summed E-state index contributed by atoms with van der Waals surface area (Å²) in [4.78, 5) is 0. The van der Waals surface area contributed by atoms with Gasteiger partial charge in [0.1, 0.15) is 0 Å². The number of halogens is 3. The number of hydrogen-bond acceptors (Lipinski definition) is 3. The van der Waals surface area contributed by atoms with E-state index in [-0.39, 0.29) is 19.8 Å². The van der Waals surface area contributed by atoms with Gasteiger partial charge in [0.2, 0.25) is 0 Å². The summed E-state index contributed by atoms with van der Waals surface area (Å²) in [5.74, 6) is 0. The highest BCUT2D eigenvalue weighted by molar-refractivity contribution is 5.24. The van der Waals surface area contributed by atoms with E-state index in [1.807, 2.05) is 0 Å². The van der Waals surface area contributed by atoms with Gasteiger partial charge in [-0.2, -0.15) is 13.2 Å². The molecule has 3 N–H and O–H groups in total. The van der Waals surface area contributed by atoms with E-state index in [9.17, 15) is 13.2 Å². The van der Waals surface area contributed by atoms with Crippen LogP contribution in [0.4, 0.5) is 13.2 Å². The number of aliphatic hydroxyl groups is 1. The minimum atomic E-state index is -4.32. The van der Waals surface area contributed by atoms with Gasteiger partial charge in [-0.15, -0.1) is 0 Å². The Morgan fingerprint density at radius 1 is 1.24 bits per heavy atom. The summed E-state index contributed by atoms with van der Waals surface area (Å²) >= 11 is 0. The minimum Gasteiger partial charge on any atom is -0.389 e. The van der Waals surface area contributed by atoms with E-state index in [0.29, 0.717) is 5.56 Å². The van der Waals surface area contributed by atoms with Crippen molar-refractivity contribution in [2.45, 2.75) is 18.9 Å². The molecule has 0 aromatic heterocycles. The summed E-state index contributed by atoms with van der Waals surface area (Å²) < 4.78 is 41.8. The van der Waals surface area contributed by atoms with Crippen molar-refractivity contribution < 1.29 is 23.0 Å². The first kappa shape index (κ1) is 14.0. The lowest BCUT2D eigenvalue weighted by Gasteiger charge is -2.10. The van der Waals surface area contributed by atoms with E-state index >= 15 is 0 Å². The normalized spacial score (nSPS) is 13.7. The molecule has 0 spiro atoms. The Kier molecular flexibility index (Phi) is 4.92. The minimum absolute atomic E-state index is 0.0670. The van der Waals surface area contributed by atoms with Crippen LogP contribution < -0.4 is 5.73 Å². The number of hydrogen-bond donors (Lipinski definition) is 2. The van der Waals surface area contributed by atoms with E-state index in [1.165, 1.54) is 12.1 Å². The van der Waals surface area contributed by atoms with Crippen LogP contribution in [0, 0.1) is 0 Å². The molecule has 96 valence electrons. The van der Waals surface area contributed by atoms with Crippen LogP contribution in [0.15, 0.2) is 24.3 Å². The Labute approximate surface area is 97.0 Å². The SMILES string of the molecule is NC[C@H](O)COCc1ccc(C(F)(F)F)cc1. The van der Waals surface area contributed by atoms with Crippen LogP contribution in [0.2, 0.25) is 0 Å². The molecule has 6 heteroatoms. The summed E-state index contributed by atoms with van der Waals surface area (Å²) in [6.07, 6.45) is -5.07. The average Bonchev–Trinajstić information content (AvgIpc) is 2.28. The van der Waals surface area contributed by atoms with Crippen molar-refractivity contribution in [2.24, 2.45) is 5.73 Å². The van der Waals surface area contributed by atoms with Gasteiger partial charge < -0.3 is 15.6 Å². The molecule has 1 aromatic rings. The van der Waals surface area contributed by atoms with Gasteiger partial charge >= 0.3 is 6.18 Å². The predicted molar refractivity (Wildman–Crippen MR) is 56.2 cm³/mol. The topological polar surface area (TPSA) is 55.5 Å². The molecular weight excluding hydrogens is 235 g/mol. The zero-order valence-corrected chi connectivity index (χ0v) is 9.07. The molecule has 1 aromatic carbocycles. The van der Waals surface area contributed by atoms with Gasteiger partial charge in [-0.3, -0.25) is 0 Å². The number of alkyl halides is 3. The van der Waals surface area contributed by atoms with E-state index in [2.05, 4.69) is 0 Å². The Morgan fingerprint density at radius 2 is 1.82 bits per heavy atom. The van der Waals surface area contributed by atoms with Gasteiger partial charge in [-0.05, 0) is 17.7 Å². The van der Waals surface area contributed by atoms with Crippen molar-refractivity contribution in [3.63, 3.8) is 0 Å². The van der Waals surface area contributed by atoms with Gasteiger partial charge in [0, 0.05) is 6.54 Å². The first-order chi connectivity index (χ1) is 7.93. The van der Waals surface area contributed by atoms with E-state index in [1.54, 1.807) is 0 Å². The molecule has 0 aliphatic heterocycles. The number of rotatable bonds is 5. The van der Waals surface area contributed by atoms with Crippen molar-refractivity contribution in [3.8, 4) is 0 Å². The zero-order valence-electron chi connectivity index (χ0n) is 9.07. The molecule has 17 heavy (non-hydrogen) atoms. The first-order valence-electron chi connectivity index (χ1n) is 5.05. The Bertz CT molecular complexity index is 338. The lowest BCUT2D eigenvalue weighted by Crippen LogP contribution is -2.24. The molecule has 0 fully saturated rings. The van der Waals surface area contributed by atoms with Crippen molar-refractivity contribution in [3.05, 3.63) is 35.4 Å². The third kappa shape index (κ3) is 4.72. The van der Waals surface area contributed by atoms with E-state index in [0.717, 1.165) is 12.1 Å². The van der Waals surface area contributed by atoms with Crippen LogP contribution in [0.3, 0.4) is 0 Å². The smallest absolute Gasteiger partial charge is 0.389 e. The number of benzene rings is 1. The molecule has 0 unspecified atom stereocenters. The summed E-state index contributed by atoms with van der Waals surface area (Å²) in [6, 6.07) is 4.69. The quantitative estimate of drug-likeness (QED) is 0.832. The molecule has 1 atom stereocenters. The fraction of sp³-hybridized carbons (Fsp3) is 0.455.